The Morgan fingerprint density at radius 1 is 1.32 bits per heavy atom. The highest BCUT2D eigenvalue weighted by atomic mass is 35.5. The molecule has 0 saturated heterocycles. The topological polar surface area (TPSA) is 67.1 Å². The van der Waals surface area contributed by atoms with Gasteiger partial charge in [0.2, 0.25) is 0 Å². The fourth-order valence-corrected chi connectivity index (χ4v) is 2.59. The average molecular weight is 282 g/mol. The van der Waals surface area contributed by atoms with Crippen molar-refractivity contribution in [1.29, 1.82) is 0 Å². The van der Waals surface area contributed by atoms with Gasteiger partial charge in [-0.25, -0.2) is 4.79 Å². The SMILES string of the molecule is Nc1ccc(NC(=O)NCC2CCCCC2)cc1Cl. The predicted octanol–water partition coefficient (Wildman–Crippen LogP) is 3.62. The summed E-state index contributed by atoms with van der Waals surface area (Å²) in [6.45, 7) is 0.745. The Kier molecular flexibility index (Phi) is 4.91. The lowest BCUT2D eigenvalue weighted by molar-refractivity contribution is 0.247. The average Bonchev–Trinajstić information content (AvgIpc) is 2.42. The summed E-state index contributed by atoms with van der Waals surface area (Å²) in [5.74, 6) is 0.620. The van der Waals surface area contributed by atoms with Crippen molar-refractivity contribution in [3.05, 3.63) is 23.2 Å². The lowest BCUT2D eigenvalue weighted by Gasteiger charge is -2.21. The van der Waals surface area contributed by atoms with Crippen molar-refractivity contribution in [2.24, 2.45) is 5.92 Å². The molecule has 0 aromatic heterocycles. The summed E-state index contributed by atoms with van der Waals surface area (Å²) in [4.78, 5) is 11.8. The van der Waals surface area contributed by atoms with E-state index in [2.05, 4.69) is 10.6 Å². The second kappa shape index (κ2) is 6.66. The second-order valence-corrected chi connectivity index (χ2v) is 5.48. The standard InChI is InChI=1S/C14H20ClN3O/c15-12-8-11(6-7-13(12)16)18-14(19)17-9-10-4-2-1-3-5-10/h6-8,10H,1-5,9,16H2,(H2,17,18,19). The van der Waals surface area contributed by atoms with Crippen molar-refractivity contribution in [3.8, 4) is 0 Å². The van der Waals surface area contributed by atoms with Gasteiger partial charge in [-0.2, -0.15) is 0 Å². The summed E-state index contributed by atoms with van der Waals surface area (Å²) < 4.78 is 0. The molecule has 1 aliphatic rings. The summed E-state index contributed by atoms with van der Waals surface area (Å²) >= 11 is 5.90. The molecule has 0 radical (unpaired) electrons. The van der Waals surface area contributed by atoms with Crippen molar-refractivity contribution in [2.45, 2.75) is 32.1 Å². The first-order valence-electron chi connectivity index (χ1n) is 6.75. The Morgan fingerprint density at radius 3 is 2.74 bits per heavy atom. The third-order valence-electron chi connectivity index (χ3n) is 3.53. The zero-order chi connectivity index (χ0) is 13.7. The Morgan fingerprint density at radius 2 is 2.05 bits per heavy atom. The number of anilines is 2. The number of carbonyl (C=O) groups excluding carboxylic acids is 1. The lowest BCUT2D eigenvalue weighted by atomic mass is 9.89. The summed E-state index contributed by atoms with van der Waals surface area (Å²) in [5, 5.41) is 6.12. The molecule has 1 saturated carbocycles. The fraction of sp³-hybridized carbons (Fsp3) is 0.500. The van der Waals surface area contributed by atoms with Gasteiger partial charge in [0.05, 0.1) is 10.7 Å². The first-order chi connectivity index (χ1) is 9.15. The molecular formula is C14H20ClN3O. The number of nitrogen functional groups attached to an aromatic ring is 1. The molecule has 2 rings (SSSR count). The van der Waals surface area contributed by atoms with Crippen LogP contribution in [0.25, 0.3) is 0 Å². The molecule has 4 N–H and O–H groups in total. The zero-order valence-electron chi connectivity index (χ0n) is 10.9. The molecule has 0 aliphatic heterocycles. The van der Waals surface area contributed by atoms with Crippen LogP contribution in [0.3, 0.4) is 0 Å². The minimum atomic E-state index is -0.189. The molecule has 4 nitrogen and oxygen atoms in total. The molecule has 0 unspecified atom stereocenters. The van der Waals surface area contributed by atoms with Crippen molar-refractivity contribution < 1.29 is 4.79 Å². The van der Waals surface area contributed by atoms with E-state index in [1.54, 1.807) is 18.2 Å². The first kappa shape index (κ1) is 14.0. The number of benzene rings is 1. The summed E-state index contributed by atoms with van der Waals surface area (Å²) in [6.07, 6.45) is 6.32. The molecule has 0 heterocycles. The molecule has 104 valence electrons. The number of carbonyl (C=O) groups is 1. The van der Waals surface area contributed by atoms with Gasteiger partial charge in [0, 0.05) is 12.2 Å². The van der Waals surface area contributed by atoms with Crippen LogP contribution in [-0.4, -0.2) is 12.6 Å². The number of urea groups is 1. The van der Waals surface area contributed by atoms with Crippen LogP contribution >= 0.6 is 11.6 Å². The highest BCUT2D eigenvalue weighted by Gasteiger charge is 2.14. The molecular weight excluding hydrogens is 262 g/mol. The van der Waals surface area contributed by atoms with Gasteiger partial charge in [0.25, 0.3) is 0 Å². The van der Waals surface area contributed by atoms with E-state index in [-0.39, 0.29) is 6.03 Å². The maximum Gasteiger partial charge on any atom is 0.319 e. The summed E-state index contributed by atoms with van der Waals surface area (Å²) in [5.41, 5.74) is 6.78. The third-order valence-corrected chi connectivity index (χ3v) is 3.86. The van der Waals surface area contributed by atoms with Crippen LogP contribution in [0.2, 0.25) is 5.02 Å². The molecule has 19 heavy (non-hydrogen) atoms. The van der Waals surface area contributed by atoms with E-state index in [9.17, 15) is 4.79 Å². The van der Waals surface area contributed by atoms with Gasteiger partial charge in [-0.1, -0.05) is 30.9 Å². The highest BCUT2D eigenvalue weighted by Crippen LogP contribution is 2.23. The number of nitrogens with two attached hydrogens (primary N) is 1. The molecule has 1 aliphatic carbocycles. The number of hydrogen-bond acceptors (Lipinski definition) is 2. The van der Waals surface area contributed by atoms with Crippen LogP contribution in [0.4, 0.5) is 16.2 Å². The van der Waals surface area contributed by atoms with E-state index in [4.69, 9.17) is 17.3 Å². The van der Waals surface area contributed by atoms with Gasteiger partial charge in [-0.15, -0.1) is 0 Å². The smallest absolute Gasteiger partial charge is 0.319 e. The van der Waals surface area contributed by atoms with Crippen LogP contribution in [0, 0.1) is 5.92 Å². The van der Waals surface area contributed by atoms with Gasteiger partial charge in [-0.3, -0.25) is 0 Å². The van der Waals surface area contributed by atoms with Crippen LogP contribution in [0.5, 0.6) is 0 Å². The molecule has 2 amide bonds. The van der Waals surface area contributed by atoms with E-state index >= 15 is 0 Å². The molecule has 0 atom stereocenters. The van der Waals surface area contributed by atoms with Crippen LogP contribution in [0.15, 0.2) is 18.2 Å². The van der Waals surface area contributed by atoms with Crippen LogP contribution < -0.4 is 16.4 Å². The maximum absolute atomic E-state index is 11.8. The van der Waals surface area contributed by atoms with Crippen molar-refractivity contribution in [3.63, 3.8) is 0 Å². The lowest BCUT2D eigenvalue weighted by Crippen LogP contribution is -2.33. The molecule has 0 spiro atoms. The quantitative estimate of drug-likeness (QED) is 0.741. The fourth-order valence-electron chi connectivity index (χ4n) is 2.41. The number of halogens is 1. The van der Waals surface area contributed by atoms with Gasteiger partial charge >= 0.3 is 6.03 Å². The number of hydrogen-bond donors (Lipinski definition) is 3. The van der Waals surface area contributed by atoms with Crippen LogP contribution in [-0.2, 0) is 0 Å². The number of rotatable bonds is 3. The normalized spacial score (nSPS) is 16.1. The molecule has 1 aromatic carbocycles. The summed E-state index contributed by atoms with van der Waals surface area (Å²) in [7, 11) is 0. The Hall–Kier alpha value is -1.42. The van der Waals surface area contributed by atoms with Gasteiger partial charge < -0.3 is 16.4 Å². The minimum Gasteiger partial charge on any atom is -0.398 e. The maximum atomic E-state index is 11.8. The van der Waals surface area contributed by atoms with Gasteiger partial charge in [-0.05, 0) is 37.0 Å². The molecule has 1 aromatic rings. The van der Waals surface area contributed by atoms with E-state index in [1.165, 1.54) is 32.1 Å². The zero-order valence-corrected chi connectivity index (χ0v) is 11.7. The number of amides is 2. The van der Waals surface area contributed by atoms with Gasteiger partial charge in [0.15, 0.2) is 0 Å². The Bertz CT molecular complexity index is 444. The first-order valence-corrected chi connectivity index (χ1v) is 7.13. The Labute approximate surface area is 118 Å². The van der Waals surface area contributed by atoms with Crippen molar-refractivity contribution >= 4 is 29.0 Å². The van der Waals surface area contributed by atoms with E-state index < -0.39 is 0 Å². The number of nitrogens with one attached hydrogen (secondary N) is 2. The Balaban J connectivity index is 1.78. The van der Waals surface area contributed by atoms with E-state index in [1.807, 2.05) is 0 Å². The van der Waals surface area contributed by atoms with Crippen molar-refractivity contribution in [2.75, 3.05) is 17.6 Å². The van der Waals surface area contributed by atoms with E-state index in [0.717, 1.165) is 6.54 Å². The monoisotopic (exact) mass is 281 g/mol. The van der Waals surface area contributed by atoms with Crippen LogP contribution in [0.1, 0.15) is 32.1 Å². The van der Waals surface area contributed by atoms with E-state index in [0.29, 0.717) is 22.3 Å². The van der Waals surface area contributed by atoms with Gasteiger partial charge in [0.1, 0.15) is 0 Å². The molecule has 0 bridgehead atoms. The third kappa shape index (κ3) is 4.31. The highest BCUT2D eigenvalue weighted by molar-refractivity contribution is 6.33. The largest absolute Gasteiger partial charge is 0.398 e. The molecule has 1 fully saturated rings. The minimum absolute atomic E-state index is 0.189. The molecule has 5 heteroatoms. The second-order valence-electron chi connectivity index (χ2n) is 5.08. The predicted molar refractivity (Wildman–Crippen MR) is 79.5 cm³/mol. The van der Waals surface area contributed by atoms with Crippen molar-refractivity contribution in [1.82, 2.24) is 5.32 Å². The summed E-state index contributed by atoms with van der Waals surface area (Å²) in [6, 6.07) is 4.88.